The molecule has 0 radical (unpaired) electrons. The molecule has 3 nitrogen and oxygen atoms in total. The second-order valence-corrected chi connectivity index (χ2v) is 5.52. The lowest BCUT2D eigenvalue weighted by Crippen LogP contribution is -2.12. The van der Waals surface area contributed by atoms with E-state index in [1.807, 2.05) is 11.4 Å². The van der Waals surface area contributed by atoms with Crippen LogP contribution in [-0.4, -0.2) is 28.0 Å². The first-order chi connectivity index (χ1) is 7.18. The Morgan fingerprint density at radius 3 is 3.00 bits per heavy atom. The third-order valence-corrected chi connectivity index (χ3v) is 4.05. The maximum absolute atomic E-state index is 10.3. The molecule has 0 amide bonds. The number of hydrogen-bond donors (Lipinski definition) is 2. The SMILES string of the molecule is O=C(O)CC(O)CCCSc1cccs1. The Balaban J connectivity index is 2.04. The van der Waals surface area contributed by atoms with Crippen LogP contribution in [0.1, 0.15) is 19.3 Å². The van der Waals surface area contributed by atoms with Crippen molar-refractivity contribution in [2.45, 2.75) is 29.6 Å². The Labute approximate surface area is 97.1 Å². The summed E-state index contributed by atoms with van der Waals surface area (Å²) in [5, 5.41) is 19.7. The molecule has 0 aliphatic carbocycles. The summed E-state index contributed by atoms with van der Waals surface area (Å²) in [5.74, 6) is -0.00889. The number of carboxylic acid groups (broad SMARTS) is 1. The van der Waals surface area contributed by atoms with E-state index in [1.165, 1.54) is 4.21 Å². The first-order valence-corrected chi connectivity index (χ1v) is 6.61. The van der Waals surface area contributed by atoms with Gasteiger partial charge in [-0.2, -0.15) is 0 Å². The predicted octanol–water partition coefficient (Wildman–Crippen LogP) is 2.46. The summed E-state index contributed by atoms with van der Waals surface area (Å²) in [6.07, 6.45) is 0.553. The third-order valence-electron chi connectivity index (χ3n) is 1.83. The van der Waals surface area contributed by atoms with Crippen molar-refractivity contribution in [2.75, 3.05) is 5.75 Å². The van der Waals surface area contributed by atoms with Gasteiger partial charge in [0.15, 0.2) is 0 Å². The molecule has 84 valence electrons. The Bertz CT molecular complexity index is 285. The van der Waals surface area contributed by atoms with Crippen LogP contribution in [0.25, 0.3) is 0 Å². The van der Waals surface area contributed by atoms with Gasteiger partial charge in [-0.3, -0.25) is 4.79 Å². The number of aliphatic carboxylic acids is 1. The molecule has 1 aromatic heterocycles. The average Bonchev–Trinajstić information content (AvgIpc) is 2.63. The average molecular weight is 246 g/mol. The van der Waals surface area contributed by atoms with Gasteiger partial charge >= 0.3 is 5.97 Å². The number of aliphatic hydroxyl groups excluding tert-OH is 1. The van der Waals surface area contributed by atoms with Crippen molar-refractivity contribution in [3.63, 3.8) is 0 Å². The van der Waals surface area contributed by atoms with E-state index in [2.05, 4.69) is 6.07 Å². The summed E-state index contributed by atoms with van der Waals surface area (Å²) >= 11 is 3.45. The van der Waals surface area contributed by atoms with Gasteiger partial charge in [-0.25, -0.2) is 0 Å². The van der Waals surface area contributed by atoms with Crippen LogP contribution in [0.2, 0.25) is 0 Å². The number of hydrogen-bond acceptors (Lipinski definition) is 4. The first kappa shape index (κ1) is 12.5. The molecule has 0 fully saturated rings. The van der Waals surface area contributed by atoms with E-state index in [-0.39, 0.29) is 6.42 Å². The summed E-state index contributed by atoms with van der Waals surface area (Å²) in [6, 6.07) is 4.06. The van der Waals surface area contributed by atoms with Crippen molar-refractivity contribution in [3.05, 3.63) is 17.5 Å². The van der Waals surface area contributed by atoms with Crippen LogP contribution in [0.4, 0.5) is 0 Å². The van der Waals surface area contributed by atoms with E-state index < -0.39 is 12.1 Å². The fraction of sp³-hybridized carbons (Fsp3) is 0.500. The molecule has 15 heavy (non-hydrogen) atoms. The molecule has 0 saturated carbocycles. The zero-order valence-electron chi connectivity index (χ0n) is 8.26. The van der Waals surface area contributed by atoms with Gasteiger partial charge in [-0.05, 0) is 30.0 Å². The highest BCUT2D eigenvalue weighted by atomic mass is 32.2. The van der Waals surface area contributed by atoms with Gasteiger partial charge in [0.05, 0.1) is 16.7 Å². The zero-order valence-corrected chi connectivity index (χ0v) is 9.89. The second-order valence-electron chi connectivity index (χ2n) is 3.17. The lowest BCUT2D eigenvalue weighted by molar-refractivity contribution is -0.139. The summed E-state index contributed by atoms with van der Waals surface area (Å²) < 4.78 is 1.27. The summed E-state index contributed by atoms with van der Waals surface area (Å²) in [6.45, 7) is 0. The van der Waals surface area contributed by atoms with Crippen molar-refractivity contribution in [1.29, 1.82) is 0 Å². The molecule has 0 aliphatic heterocycles. The Morgan fingerprint density at radius 2 is 2.40 bits per heavy atom. The van der Waals surface area contributed by atoms with Crippen LogP contribution < -0.4 is 0 Å². The number of rotatable bonds is 7. The van der Waals surface area contributed by atoms with Crippen molar-refractivity contribution in [3.8, 4) is 0 Å². The van der Waals surface area contributed by atoms with Crippen molar-refractivity contribution >= 4 is 29.1 Å². The van der Waals surface area contributed by atoms with Crippen molar-refractivity contribution in [1.82, 2.24) is 0 Å². The highest BCUT2D eigenvalue weighted by molar-refractivity contribution is 8.01. The molecular weight excluding hydrogens is 232 g/mol. The normalized spacial score (nSPS) is 12.6. The predicted molar refractivity (Wildman–Crippen MR) is 62.5 cm³/mol. The quantitative estimate of drug-likeness (QED) is 0.573. The van der Waals surface area contributed by atoms with Gasteiger partial charge in [0.2, 0.25) is 0 Å². The fourth-order valence-corrected chi connectivity index (χ4v) is 2.97. The number of thiophene rings is 1. The molecule has 2 N–H and O–H groups in total. The van der Waals surface area contributed by atoms with Crippen LogP contribution in [0.3, 0.4) is 0 Å². The Morgan fingerprint density at radius 1 is 1.60 bits per heavy atom. The van der Waals surface area contributed by atoms with Gasteiger partial charge < -0.3 is 10.2 Å². The summed E-state index contributed by atoms with van der Waals surface area (Å²) in [7, 11) is 0. The monoisotopic (exact) mass is 246 g/mol. The topological polar surface area (TPSA) is 57.5 Å². The minimum absolute atomic E-state index is 0.149. The molecule has 0 aromatic carbocycles. The Kier molecular flexibility index (Phi) is 5.75. The van der Waals surface area contributed by atoms with Crippen LogP contribution in [0, 0.1) is 0 Å². The van der Waals surface area contributed by atoms with Crippen LogP contribution in [0.5, 0.6) is 0 Å². The van der Waals surface area contributed by atoms with E-state index >= 15 is 0 Å². The van der Waals surface area contributed by atoms with Crippen molar-refractivity contribution < 1.29 is 15.0 Å². The summed E-state index contributed by atoms with van der Waals surface area (Å²) in [4.78, 5) is 10.3. The molecule has 5 heteroatoms. The van der Waals surface area contributed by atoms with E-state index in [1.54, 1.807) is 23.1 Å². The number of thioether (sulfide) groups is 1. The molecule has 0 spiro atoms. The maximum atomic E-state index is 10.3. The van der Waals surface area contributed by atoms with Gasteiger partial charge in [-0.1, -0.05) is 6.07 Å². The highest BCUT2D eigenvalue weighted by Crippen LogP contribution is 2.24. The van der Waals surface area contributed by atoms with Crippen LogP contribution >= 0.6 is 23.1 Å². The molecule has 1 unspecified atom stereocenters. The van der Waals surface area contributed by atoms with Gasteiger partial charge in [0, 0.05) is 0 Å². The minimum atomic E-state index is -0.937. The van der Waals surface area contributed by atoms with Gasteiger partial charge in [0.1, 0.15) is 0 Å². The first-order valence-electron chi connectivity index (χ1n) is 4.74. The standard InChI is InChI=1S/C10H14O3S2/c11-8(7-9(12)13)3-1-5-14-10-4-2-6-15-10/h2,4,6,8,11H,1,3,5,7H2,(H,12,13). The highest BCUT2D eigenvalue weighted by Gasteiger charge is 2.08. The zero-order chi connectivity index (χ0) is 11.1. The molecule has 1 heterocycles. The number of carboxylic acids is 1. The van der Waals surface area contributed by atoms with Crippen LogP contribution in [-0.2, 0) is 4.79 Å². The van der Waals surface area contributed by atoms with E-state index in [0.29, 0.717) is 6.42 Å². The lowest BCUT2D eigenvalue weighted by Gasteiger charge is -2.06. The van der Waals surface area contributed by atoms with Gasteiger partial charge in [0.25, 0.3) is 0 Å². The molecule has 1 rings (SSSR count). The molecule has 0 saturated heterocycles. The molecule has 1 aromatic rings. The lowest BCUT2D eigenvalue weighted by atomic mass is 10.1. The Hall–Kier alpha value is -0.520. The molecule has 0 bridgehead atoms. The van der Waals surface area contributed by atoms with E-state index in [9.17, 15) is 9.90 Å². The largest absolute Gasteiger partial charge is 0.481 e. The van der Waals surface area contributed by atoms with E-state index in [0.717, 1.165) is 12.2 Å². The molecular formula is C10H14O3S2. The second kappa shape index (κ2) is 6.87. The molecule has 1 atom stereocenters. The van der Waals surface area contributed by atoms with Crippen LogP contribution in [0.15, 0.2) is 21.7 Å². The maximum Gasteiger partial charge on any atom is 0.305 e. The minimum Gasteiger partial charge on any atom is -0.481 e. The summed E-state index contributed by atoms with van der Waals surface area (Å²) in [5.41, 5.74) is 0. The number of carbonyl (C=O) groups is 1. The third kappa shape index (κ3) is 5.81. The fourth-order valence-electron chi connectivity index (χ4n) is 1.14. The molecule has 0 aliphatic rings. The van der Waals surface area contributed by atoms with E-state index in [4.69, 9.17) is 5.11 Å². The number of aliphatic hydroxyl groups is 1. The van der Waals surface area contributed by atoms with Gasteiger partial charge in [-0.15, -0.1) is 23.1 Å². The van der Waals surface area contributed by atoms with Crippen molar-refractivity contribution in [2.24, 2.45) is 0 Å². The smallest absolute Gasteiger partial charge is 0.305 e.